The van der Waals surface area contributed by atoms with Crippen LogP contribution in [-0.2, 0) is 6.42 Å². The van der Waals surface area contributed by atoms with Crippen LogP contribution in [0.5, 0.6) is 0 Å². The molecule has 0 saturated heterocycles. The lowest BCUT2D eigenvalue weighted by Gasteiger charge is -2.20. The van der Waals surface area contributed by atoms with Gasteiger partial charge in [-0.25, -0.2) is 0 Å². The number of hydrogen-bond acceptors (Lipinski definition) is 2. The largest absolute Gasteiger partial charge is 0.345 e. The van der Waals surface area contributed by atoms with Crippen LogP contribution in [-0.4, -0.2) is 7.05 Å². The number of nitrogens with two attached hydrogens (primary N) is 1. The summed E-state index contributed by atoms with van der Waals surface area (Å²) in [5.74, 6) is 0. The third-order valence-corrected chi connectivity index (χ3v) is 3.88. The molecule has 0 unspecified atom stereocenters. The van der Waals surface area contributed by atoms with E-state index in [0.717, 1.165) is 12.8 Å². The molecule has 2 heteroatoms. The average Bonchev–Trinajstić information content (AvgIpc) is 2.53. The predicted molar refractivity (Wildman–Crippen MR) is 87.5 cm³/mol. The van der Waals surface area contributed by atoms with E-state index in [1.807, 2.05) is 0 Å². The van der Waals surface area contributed by atoms with Crippen LogP contribution in [0.1, 0.15) is 37.4 Å². The first-order chi connectivity index (χ1) is 9.65. The van der Waals surface area contributed by atoms with E-state index in [0.29, 0.717) is 0 Å². The molecule has 2 N–H and O–H groups in total. The molecule has 0 heterocycles. The number of benzene rings is 2. The minimum atomic E-state index is 0.137. The highest BCUT2D eigenvalue weighted by molar-refractivity contribution is 5.62. The zero-order valence-electron chi connectivity index (χ0n) is 12.6. The topological polar surface area (TPSA) is 29.3 Å². The van der Waals surface area contributed by atoms with Crippen LogP contribution in [0.25, 0.3) is 0 Å². The standard InChI is InChI=1S/C18H24N2/c1-4-14-6-10-16(11-7-14)20(3)17-12-8-15(9-13-17)18(19)5-2/h6-13,18H,4-5,19H2,1-3H3/t18-/m0/s1. The third kappa shape index (κ3) is 3.20. The summed E-state index contributed by atoms with van der Waals surface area (Å²) < 4.78 is 0. The molecular weight excluding hydrogens is 244 g/mol. The summed E-state index contributed by atoms with van der Waals surface area (Å²) in [6.07, 6.45) is 2.04. The maximum absolute atomic E-state index is 6.05. The Bertz CT molecular complexity index is 528. The van der Waals surface area contributed by atoms with Crippen molar-refractivity contribution in [2.75, 3.05) is 11.9 Å². The van der Waals surface area contributed by atoms with E-state index >= 15 is 0 Å². The molecule has 0 aliphatic rings. The van der Waals surface area contributed by atoms with Crippen molar-refractivity contribution in [2.45, 2.75) is 32.7 Å². The first kappa shape index (κ1) is 14.6. The van der Waals surface area contributed by atoms with Gasteiger partial charge in [-0.15, -0.1) is 0 Å². The van der Waals surface area contributed by atoms with E-state index in [9.17, 15) is 0 Å². The second-order valence-electron chi connectivity index (χ2n) is 5.19. The lowest BCUT2D eigenvalue weighted by atomic mass is 10.0. The van der Waals surface area contributed by atoms with Crippen molar-refractivity contribution in [1.29, 1.82) is 0 Å². The molecule has 2 nitrogen and oxygen atoms in total. The Hall–Kier alpha value is -1.80. The van der Waals surface area contributed by atoms with Gasteiger partial charge in [0.15, 0.2) is 0 Å². The molecule has 0 aliphatic carbocycles. The van der Waals surface area contributed by atoms with Gasteiger partial charge in [-0.3, -0.25) is 0 Å². The van der Waals surface area contributed by atoms with E-state index in [1.54, 1.807) is 0 Å². The monoisotopic (exact) mass is 268 g/mol. The van der Waals surface area contributed by atoms with E-state index in [4.69, 9.17) is 5.73 Å². The molecule has 0 saturated carbocycles. The zero-order valence-corrected chi connectivity index (χ0v) is 12.6. The van der Waals surface area contributed by atoms with E-state index in [1.165, 1.54) is 22.5 Å². The Morgan fingerprint density at radius 3 is 1.85 bits per heavy atom. The number of aryl methyl sites for hydroxylation is 1. The first-order valence-electron chi connectivity index (χ1n) is 7.34. The Morgan fingerprint density at radius 1 is 0.900 bits per heavy atom. The van der Waals surface area contributed by atoms with Gasteiger partial charge in [-0.2, -0.15) is 0 Å². The average molecular weight is 268 g/mol. The van der Waals surface area contributed by atoms with Crippen molar-refractivity contribution in [1.82, 2.24) is 0 Å². The molecule has 1 atom stereocenters. The molecule has 106 valence electrons. The van der Waals surface area contributed by atoms with Crippen LogP contribution in [0.2, 0.25) is 0 Å². The Kier molecular flexibility index (Phi) is 4.80. The molecule has 2 aromatic carbocycles. The Balaban J connectivity index is 2.17. The van der Waals surface area contributed by atoms with Gasteiger partial charge >= 0.3 is 0 Å². The van der Waals surface area contributed by atoms with Gasteiger partial charge < -0.3 is 10.6 Å². The minimum Gasteiger partial charge on any atom is -0.345 e. The maximum atomic E-state index is 6.05. The van der Waals surface area contributed by atoms with Crippen LogP contribution in [0.4, 0.5) is 11.4 Å². The highest BCUT2D eigenvalue weighted by atomic mass is 15.1. The number of anilines is 2. The lowest BCUT2D eigenvalue weighted by molar-refractivity contribution is 0.699. The second-order valence-corrected chi connectivity index (χ2v) is 5.19. The fourth-order valence-electron chi connectivity index (χ4n) is 2.29. The SMILES string of the molecule is CCc1ccc(N(C)c2ccc([C@@H](N)CC)cc2)cc1. The maximum Gasteiger partial charge on any atom is 0.0408 e. The molecule has 0 amide bonds. The van der Waals surface area contributed by atoms with Crippen molar-refractivity contribution >= 4 is 11.4 Å². The van der Waals surface area contributed by atoms with Crippen molar-refractivity contribution in [3.63, 3.8) is 0 Å². The third-order valence-electron chi connectivity index (χ3n) is 3.88. The van der Waals surface area contributed by atoms with Gasteiger partial charge in [0.2, 0.25) is 0 Å². The molecule has 2 aromatic rings. The van der Waals surface area contributed by atoms with Gasteiger partial charge in [0.05, 0.1) is 0 Å². The highest BCUT2D eigenvalue weighted by Crippen LogP contribution is 2.25. The van der Waals surface area contributed by atoms with Crippen LogP contribution in [0.15, 0.2) is 48.5 Å². The molecule has 2 rings (SSSR count). The molecule has 0 bridgehead atoms. The quantitative estimate of drug-likeness (QED) is 0.869. The number of rotatable bonds is 5. The van der Waals surface area contributed by atoms with Gasteiger partial charge in [0.25, 0.3) is 0 Å². The van der Waals surface area contributed by atoms with Gasteiger partial charge in [0.1, 0.15) is 0 Å². The molecular formula is C18H24N2. The van der Waals surface area contributed by atoms with Crippen LogP contribution in [0.3, 0.4) is 0 Å². The van der Waals surface area contributed by atoms with E-state index in [2.05, 4.69) is 74.3 Å². The van der Waals surface area contributed by atoms with Crippen LogP contribution in [0, 0.1) is 0 Å². The lowest BCUT2D eigenvalue weighted by Crippen LogP contribution is -2.11. The van der Waals surface area contributed by atoms with Crippen molar-refractivity contribution in [3.05, 3.63) is 59.7 Å². The summed E-state index contributed by atoms with van der Waals surface area (Å²) in [4.78, 5) is 2.20. The minimum absolute atomic E-state index is 0.137. The molecule has 20 heavy (non-hydrogen) atoms. The Morgan fingerprint density at radius 2 is 1.40 bits per heavy atom. The fraction of sp³-hybridized carbons (Fsp3) is 0.333. The van der Waals surface area contributed by atoms with E-state index in [-0.39, 0.29) is 6.04 Å². The second kappa shape index (κ2) is 6.58. The number of nitrogens with zero attached hydrogens (tertiary/aromatic N) is 1. The van der Waals surface area contributed by atoms with Crippen molar-refractivity contribution in [2.24, 2.45) is 5.73 Å². The molecule has 0 aliphatic heterocycles. The van der Waals surface area contributed by atoms with Gasteiger partial charge in [0, 0.05) is 24.5 Å². The normalized spacial score (nSPS) is 12.2. The highest BCUT2D eigenvalue weighted by Gasteiger charge is 2.06. The van der Waals surface area contributed by atoms with E-state index < -0.39 is 0 Å². The summed E-state index contributed by atoms with van der Waals surface area (Å²) in [6, 6.07) is 17.4. The number of hydrogen-bond donors (Lipinski definition) is 1. The van der Waals surface area contributed by atoms with Crippen LogP contribution >= 0.6 is 0 Å². The summed E-state index contributed by atoms with van der Waals surface area (Å²) in [5.41, 5.74) is 11.0. The Labute approximate surface area is 122 Å². The van der Waals surface area contributed by atoms with Crippen LogP contribution < -0.4 is 10.6 Å². The first-order valence-corrected chi connectivity index (χ1v) is 7.34. The smallest absolute Gasteiger partial charge is 0.0408 e. The van der Waals surface area contributed by atoms with Gasteiger partial charge in [-0.1, -0.05) is 38.1 Å². The fourth-order valence-corrected chi connectivity index (χ4v) is 2.29. The summed E-state index contributed by atoms with van der Waals surface area (Å²) in [7, 11) is 2.09. The summed E-state index contributed by atoms with van der Waals surface area (Å²) >= 11 is 0. The molecule has 0 radical (unpaired) electrons. The van der Waals surface area contributed by atoms with Gasteiger partial charge in [-0.05, 0) is 48.2 Å². The van der Waals surface area contributed by atoms with Crippen molar-refractivity contribution < 1.29 is 0 Å². The predicted octanol–water partition coefficient (Wildman–Crippen LogP) is 4.43. The molecule has 0 aromatic heterocycles. The molecule has 0 fully saturated rings. The molecule has 0 spiro atoms. The van der Waals surface area contributed by atoms with Crippen molar-refractivity contribution in [3.8, 4) is 0 Å². The summed E-state index contributed by atoms with van der Waals surface area (Å²) in [5, 5.41) is 0. The summed E-state index contributed by atoms with van der Waals surface area (Å²) in [6.45, 7) is 4.29. The zero-order chi connectivity index (χ0) is 14.5.